The summed E-state index contributed by atoms with van der Waals surface area (Å²) < 4.78 is 15.9. The summed E-state index contributed by atoms with van der Waals surface area (Å²) in [5.74, 6) is 0.125. The molecule has 0 spiro atoms. The lowest BCUT2D eigenvalue weighted by atomic mass is 10.1. The van der Waals surface area contributed by atoms with E-state index in [2.05, 4.69) is 11.1 Å². The van der Waals surface area contributed by atoms with E-state index in [1.165, 1.54) is 0 Å². The van der Waals surface area contributed by atoms with Gasteiger partial charge in [0.2, 0.25) is 0 Å². The highest BCUT2D eigenvalue weighted by atomic mass is 31.2. The van der Waals surface area contributed by atoms with Gasteiger partial charge in [0.15, 0.2) is 0 Å². The molecule has 0 aromatic heterocycles. The molecular formula is C11H15N2O3P. The second-order valence-electron chi connectivity index (χ2n) is 3.53. The Kier molecular flexibility index (Phi) is 4.63. The molecule has 0 amide bonds. The average Bonchev–Trinajstić information content (AvgIpc) is 2.30. The highest BCUT2D eigenvalue weighted by molar-refractivity contribution is 7.60. The minimum absolute atomic E-state index is 0.302. The summed E-state index contributed by atoms with van der Waals surface area (Å²) in [6.07, 6.45) is 0.302. The van der Waals surface area contributed by atoms with Gasteiger partial charge in [-0.25, -0.2) is 5.50 Å². The maximum atomic E-state index is 11.5. The van der Waals surface area contributed by atoms with Gasteiger partial charge < -0.3 is 10.3 Å². The molecule has 0 saturated heterocycles. The fourth-order valence-electron chi connectivity index (χ4n) is 1.20. The fraction of sp³-hybridized carbons (Fsp3) is 0.182. The number of hydrogen-bond acceptors (Lipinski definition) is 4. The Hall–Kier alpha value is -1.42. The van der Waals surface area contributed by atoms with Crippen LogP contribution in [0.2, 0.25) is 0 Å². The lowest BCUT2D eigenvalue weighted by molar-refractivity contribution is -0.135. The SMILES string of the molecule is C=CP(N)(=O)OC(=O)[C@@H](N)Cc1ccccc1. The van der Waals surface area contributed by atoms with E-state index >= 15 is 0 Å². The molecule has 6 heteroatoms. The molecule has 5 nitrogen and oxygen atoms in total. The first-order valence-corrected chi connectivity index (χ1v) is 6.76. The molecule has 0 radical (unpaired) electrons. The number of hydrogen-bond donors (Lipinski definition) is 2. The molecule has 0 fully saturated rings. The van der Waals surface area contributed by atoms with E-state index in [0.717, 1.165) is 11.4 Å². The first-order chi connectivity index (χ1) is 7.94. The minimum atomic E-state index is -3.55. The molecular weight excluding hydrogens is 239 g/mol. The summed E-state index contributed by atoms with van der Waals surface area (Å²) in [5, 5.41) is 0. The van der Waals surface area contributed by atoms with Crippen molar-refractivity contribution in [2.45, 2.75) is 12.5 Å². The van der Waals surface area contributed by atoms with Crippen molar-refractivity contribution in [1.82, 2.24) is 0 Å². The van der Waals surface area contributed by atoms with Gasteiger partial charge in [-0.05, 0) is 12.0 Å². The third-order valence-electron chi connectivity index (χ3n) is 2.09. The molecule has 1 rings (SSSR count). The van der Waals surface area contributed by atoms with Crippen LogP contribution in [0, 0.1) is 0 Å². The highest BCUT2D eigenvalue weighted by Gasteiger charge is 2.23. The Morgan fingerprint density at radius 3 is 2.59 bits per heavy atom. The van der Waals surface area contributed by atoms with Gasteiger partial charge in [0, 0.05) is 5.82 Å². The van der Waals surface area contributed by atoms with Crippen LogP contribution in [0.5, 0.6) is 0 Å². The van der Waals surface area contributed by atoms with Crippen LogP contribution in [-0.4, -0.2) is 12.0 Å². The van der Waals surface area contributed by atoms with Crippen molar-refractivity contribution in [2.24, 2.45) is 11.2 Å². The third-order valence-corrected chi connectivity index (χ3v) is 3.06. The smallest absolute Gasteiger partial charge is 0.338 e. The summed E-state index contributed by atoms with van der Waals surface area (Å²) in [7, 11) is -3.55. The molecule has 0 aliphatic heterocycles. The Morgan fingerprint density at radius 2 is 2.06 bits per heavy atom. The second kappa shape index (κ2) is 5.77. The molecule has 0 heterocycles. The highest BCUT2D eigenvalue weighted by Crippen LogP contribution is 2.38. The Labute approximate surface area is 100.0 Å². The largest absolute Gasteiger partial charge is 0.396 e. The zero-order chi connectivity index (χ0) is 12.9. The van der Waals surface area contributed by atoms with E-state index in [4.69, 9.17) is 11.2 Å². The van der Waals surface area contributed by atoms with Gasteiger partial charge in [0.1, 0.15) is 6.04 Å². The maximum absolute atomic E-state index is 11.5. The average molecular weight is 254 g/mol. The summed E-state index contributed by atoms with van der Waals surface area (Å²) in [6, 6.07) is 8.31. The van der Waals surface area contributed by atoms with Gasteiger partial charge in [-0.15, -0.1) is 0 Å². The molecule has 0 aliphatic carbocycles. The molecule has 1 aromatic rings. The van der Waals surface area contributed by atoms with Crippen LogP contribution in [0.4, 0.5) is 0 Å². The summed E-state index contributed by atoms with van der Waals surface area (Å²) in [5.41, 5.74) is 11.7. The normalized spacial score (nSPS) is 15.6. The lowest BCUT2D eigenvalue weighted by Gasteiger charge is -2.13. The second-order valence-corrected chi connectivity index (χ2v) is 5.37. The summed E-state index contributed by atoms with van der Waals surface area (Å²) in [6.45, 7) is 3.22. The van der Waals surface area contributed by atoms with E-state index < -0.39 is 19.5 Å². The molecule has 0 saturated carbocycles. The van der Waals surface area contributed by atoms with Crippen molar-refractivity contribution in [3.63, 3.8) is 0 Å². The molecule has 1 unspecified atom stereocenters. The van der Waals surface area contributed by atoms with Gasteiger partial charge in [0.25, 0.3) is 0 Å². The van der Waals surface area contributed by atoms with Gasteiger partial charge in [-0.1, -0.05) is 36.9 Å². The van der Waals surface area contributed by atoms with Crippen molar-refractivity contribution in [2.75, 3.05) is 0 Å². The Morgan fingerprint density at radius 1 is 1.47 bits per heavy atom. The van der Waals surface area contributed by atoms with Gasteiger partial charge >= 0.3 is 13.5 Å². The quantitative estimate of drug-likeness (QED) is 0.774. The maximum Gasteiger partial charge on any atom is 0.338 e. The van der Waals surface area contributed by atoms with E-state index in [1.54, 1.807) is 0 Å². The first-order valence-electron chi connectivity index (χ1n) is 4.99. The minimum Gasteiger partial charge on any atom is -0.396 e. The van der Waals surface area contributed by atoms with Gasteiger partial charge in [0.05, 0.1) is 0 Å². The fourth-order valence-corrected chi connectivity index (χ4v) is 1.69. The van der Waals surface area contributed by atoms with Crippen LogP contribution in [0.15, 0.2) is 42.7 Å². The number of carbonyl (C=O) groups is 1. The third kappa shape index (κ3) is 4.53. The molecule has 2 atom stereocenters. The number of rotatable bonds is 5. The van der Waals surface area contributed by atoms with Crippen LogP contribution in [0.1, 0.15) is 5.56 Å². The molecule has 4 N–H and O–H groups in total. The van der Waals surface area contributed by atoms with Crippen molar-refractivity contribution in [3.05, 3.63) is 48.3 Å². The monoisotopic (exact) mass is 254 g/mol. The van der Waals surface area contributed by atoms with Crippen molar-refractivity contribution >= 4 is 13.5 Å². The van der Waals surface area contributed by atoms with Crippen LogP contribution < -0.4 is 11.2 Å². The predicted octanol–water partition coefficient (Wildman–Crippen LogP) is 1.39. The summed E-state index contributed by atoms with van der Waals surface area (Å²) in [4.78, 5) is 11.5. The number of carbonyl (C=O) groups excluding carboxylic acids is 1. The van der Waals surface area contributed by atoms with Gasteiger partial charge in [-0.3, -0.25) is 9.36 Å². The van der Waals surface area contributed by atoms with Crippen molar-refractivity contribution in [1.29, 1.82) is 0 Å². The van der Waals surface area contributed by atoms with E-state index in [9.17, 15) is 9.36 Å². The number of benzene rings is 1. The molecule has 0 aliphatic rings. The van der Waals surface area contributed by atoms with E-state index in [1.807, 2.05) is 30.3 Å². The molecule has 92 valence electrons. The van der Waals surface area contributed by atoms with Crippen molar-refractivity contribution < 1.29 is 13.9 Å². The molecule has 1 aromatic carbocycles. The topological polar surface area (TPSA) is 95.4 Å². The van der Waals surface area contributed by atoms with Crippen molar-refractivity contribution in [3.8, 4) is 0 Å². The Bertz CT molecular complexity index is 447. The molecule has 0 bridgehead atoms. The van der Waals surface area contributed by atoms with E-state index in [0.29, 0.717) is 6.42 Å². The van der Waals surface area contributed by atoms with Gasteiger partial charge in [-0.2, -0.15) is 0 Å². The molecule has 17 heavy (non-hydrogen) atoms. The van der Waals surface area contributed by atoms with Crippen LogP contribution in [-0.2, 0) is 20.3 Å². The van der Waals surface area contributed by atoms with Crippen LogP contribution in [0.3, 0.4) is 0 Å². The lowest BCUT2D eigenvalue weighted by Crippen LogP contribution is -2.34. The predicted molar refractivity (Wildman–Crippen MR) is 66.2 cm³/mol. The van der Waals surface area contributed by atoms with Crippen LogP contribution in [0.25, 0.3) is 0 Å². The standard InChI is InChI=1S/C11H15N2O3P/c1-2-17(13,15)16-11(14)10(12)8-9-6-4-3-5-7-9/h2-7,10H,1,8,12H2,(H2,13,15)/t10-,17?/m0/s1. The number of nitrogens with two attached hydrogens (primary N) is 2. The van der Waals surface area contributed by atoms with E-state index in [-0.39, 0.29) is 0 Å². The zero-order valence-electron chi connectivity index (χ0n) is 9.28. The first kappa shape index (κ1) is 13.6. The van der Waals surface area contributed by atoms with Crippen LogP contribution >= 0.6 is 7.52 Å². The Balaban J connectivity index is 2.59. The summed E-state index contributed by atoms with van der Waals surface area (Å²) >= 11 is 0. The zero-order valence-corrected chi connectivity index (χ0v) is 10.2.